The first-order valence-corrected chi connectivity index (χ1v) is 16.0. The van der Waals surface area contributed by atoms with Crippen molar-refractivity contribution in [2.45, 2.75) is 0 Å². The van der Waals surface area contributed by atoms with E-state index in [0.29, 0.717) is 0 Å². The van der Waals surface area contributed by atoms with Gasteiger partial charge >= 0.3 is 0 Å². The zero-order valence-electron chi connectivity index (χ0n) is 24.4. The molecule has 0 saturated carbocycles. The SMILES string of the molecule is Brc1ccccc1-c1cccc(-c2cc(-n3c4ccccc4c4ccccc43)ccc2-n2c3ccccc3c3ccccc32)c1. The summed E-state index contributed by atoms with van der Waals surface area (Å²) in [5.74, 6) is 0. The van der Waals surface area contributed by atoms with Gasteiger partial charge in [-0.1, -0.05) is 125 Å². The van der Waals surface area contributed by atoms with Crippen LogP contribution in [0.4, 0.5) is 0 Å². The van der Waals surface area contributed by atoms with Crippen LogP contribution in [0.1, 0.15) is 0 Å². The van der Waals surface area contributed by atoms with Crippen LogP contribution in [0, 0.1) is 0 Å². The van der Waals surface area contributed by atoms with Crippen molar-refractivity contribution in [1.82, 2.24) is 9.13 Å². The molecule has 212 valence electrons. The summed E-state index contributed by atoms with van der Waals surface area (Å²) in [5.41, 5.74) is 11.8. The minimum atomic E-state index is 1.09. The van der Waals surface area contributed by atoms with E-state index in [1.165, 1.54) is 65.9 Å². The maximum Gasteiger partial charge on any atom is 0.0542 e. The minimum Gasteiger partial charge on any atom is -0.309 e. The molecule has 0 saturated heterocycles. The van der Waals surface area contributed by atoms with Gasteiger partial charge in [0.25, 0.3) is 0 Å². The highest BCUT2D eigenvalue weighted by Crippen LogP contribution is 2.40. The highest BCUT2D eigenvalue weighted by molar-refractivity contribution is 9.10. The molecule has 0 aliphatic heterocycles. The van der Waals surface area contributed by atoms with Gasteiger partial charge in [0.15, 0.2) is 0 Å². The van der Waals surface area contributed by atoms with Gasteiger partial charge < -0.3 is 9.13 Å². The van der Waals surface area contributed by atoms with Crippen LogP contribution in [0.25, 0.3) is 77.2 Å². The van der Waals surface area contributed by atoms with Crippen LogP contribution in [-0.4, -0.2) is 9.13 Å². The lowest BCUT2D eigenvalue weighted by Crippen LogP contribution is -2.01. The van der Waals surface area contributed by atoms with E-state index in [9.17, 15) is 0 Å². The quantitative estimate of drug-likeness (QED) is 0.181. The van der Waals surface area contributed by atoms with E-state index in [1.807, 2.05) is 0 Å². The average molecular weight is 640 g/mol. The van der Waals surface area contributed by atoms with E-state index in [2.05, 4.69) is 189 Å². The molecule has 2 nitrogen and oxygen atoms in total. The van der Waals surface area contributed by atoms with Gasteiger partial charge in [-0.2, -0.15) is 0 Å². The predicted octanol–water partition coefficient (Wildman–Crippen LogP) is 12.0. The highest BCUT2D eigenvalue weighted by Gasteiger charge is 2.18. The number of rotatable bonds is 4. The Hall–Kier alpha value is -5.38. The summed E-state index contributed by atoms with van der Waals surface area (Å²) in [4.78, 5) is 0. The van der Waals surface area contributed by atoms with Gasteiger partial charge in [0, 0.05) is 37.3 Å². The molecule has 0 N–H and O–H groups in total. The molecule has 9 rings (SSSR count). The van der Waals surface area contributed by atoms with Crippen molar-refractivity contribution >= 4 is 59.5 Å². The third-order valence-electron chi connectivity index (χ3n) is 9.00. The number of hydrogen-bond donors (Lipinski definition) is 0. The Kier molecular flexibility index (Phi) is 6.00. The van der Waals surface area contributed by atoms with Crippen molar-refractivity contribution < 1.29 is 0 Å². The predicted molar refractivity (Wildman–Crippen MR) is 194 cm³/mol. The van der Waals surface area contributed by atoms with E-state index < -0.39 is 0 Å². The molecule has 0 atom stereocenters. The number of fused-ring (bicyclic) bond motifs is 6. The lowest BCUT2D eigenvalue weighted by Gasteiger charge is -2.18. The molecule has 0 aliphatic rings. The maximum absolute atomic E-state index is 3.79. The second-order valence-corrected chi connectivity index (χ2v) is 12.4. The van der Waals surface area contributed by atoms with Crippen molar-refractivity contribution in [2.24, 2.45) is 0 Å². The Morgan fingerprint density at radius 2 is 0.822 bits per heavy atom. The first-order valence-electron chi connectivity index (χ1n) is 15.2. The normalized spacial score (nSPS) is 11.7. The van der Waals surface area contributed by atoms with Crippen molar-refractivity contribution in [2.75, 3.05) is 0 Å². The summed E-state index contributed by atoms with van der Waals surface area (Å²) in [6.07, 6.45) is 0. The summed E-state index contributed by atoms with van der Waals surface area (Å²) in [6.45, 7) is 0. The number of para-hydroxylation sites is 4. The molecule has 0 amide bonds. The lowest BCUT2D eigenvalue weighted by atomic mass is 9.97. The van der Waals surface area contributed by atoms with Crippen LogP contribution in [-0.2, 0) is 0 Å². The van der Waals surface area contributed by atoms with Crippen molar-refractivity contribution in [3.8, 4) is 33.6 Å². The maximum atomic E-state index is 3.79. The molecule has 45 heavy (non-hydrogen) atoms. The van der Waals surface area contributed by atoms with Gasteiger partial charge in [0.2, 0.25) is 0 Å². The molecular weight excluding hydrogens is 612 g/mol. The monoisotopic (exact) mass is 638 g/mol. The fourth-order valence-electron chi connectivity index (χ4n) is 7.02. The molecule has 9 aromatic rings. The molecule has 0 bridgehead atoms. The number of benzene rings is 7. The third-order valence-corrected chi connectivity index (χ3v) is 9.69. The highest BCUT2D eigenvalue weighted by atomic mass is 79.9. The summed E-state index contributed by atoms with van der Waals surface area (Å²) in [6, 6.07) is 59.2. The van der Waals surface area contributed by atoms with Crippen molar-refractivity contribution in [3.05, 3.63) is 168 Å². The summed E-state index contributed by atoms with van der Waals surface area (Å²) < 4.78 is 5.92. The molecule has 2 heterocycles. The van der Waals surface area contributed by atoms with Gasteiger partial charge in [0.1, 0.15) is 0 Å². The second kappa shape index (κ2) is 10.4. The first kappa shape index (κ1) is 26.1. The fraction of sp³-hybridized carbons (Fsp3) is 0. The molecule has 0 radical (unpaired) electrons. The van der Waals surface area contributed by atoms with Gasteiger partial charge in [0.05, 0.1) is 27.8 Å². The molecular formula is C42H27BrN2. The van der Waals surface area contributed by atoms with E-state index in [0.717, 1.165) is 15.8 Å². The summed E-state index contributed by atoms with van der Waals surface area (Å²) in [5, 5.41) is 5.04. The number of halogens is 1. The van der Waals surface area contributed by atoms with E-state index in [-0.39, 0.29) is 0 Å². The van der Waals surface area contributed by atoms with Gasteiger partial charge in [-0.15, -0.1) is 0 Å². The van der Waals surface area contributed by atoms with Crippen LogP contribution in [0.5, 0.6) is 0 Å². The van der Waals surface area contributed by atoms with E-state index in [4.69, 9.17) is 0 Å². The molecule has 0 spiro atoms. The topological polar surface area (TPSA) is 9.86 Å². The zero-order chi connectivity index (χ0) is 29.9. The van der Waals surface area contributed by atoms with E-state index >= 15 is 0 Å². The Bertz CT molecular complexity index is 2460. The van der Waals surface area contributed by atoms with Gasteiger partial charge in [-0.25, -0.2) is 0 Å². The third kappa shape index (κ3) is 4.08. The molecule has 2 aromatic heterocycles. The fourth-order valence-corrected chi connectivity index (χ4v) is 7.54. The van der Waals surface area contributed by atoms with Crippen LogP contribution >= 0.6 is 15.9 Å². The molecule has 0 fully saturated rings. The first-order chi connectivity index (χ1) is 22.3. The Labute approximate surface area is 269 Å². The second-order valence-electron chi connectivity index (χ2n) is 11.5. The van der Waals surface area contributed by atoms with Crippen LogP contribution < -0.4 is 0 Å². The molecule has 0 unspecified atom stereocenters. The van der Waals surface area contributed by atoms with Gasteiger partial charge in [-0.05, 0) is 71.3 Å². The number of aromatic nitrogens is 2. The van der Waals surface area contributed by atoms with Crippen LogP contribution in [0.3, 0.4) is 0 Å². The smallest absolute Gasteiger partial charge is 0.0542 e. The minimum absolute atomic E-state index is 1.09. The number of hydrogen-bond acceptors (Lipinski definition) is 0. The van der Waals surface area contributed by atoms with Crippen molar-refractivity contribution in [1.29, 1.82) is 0 Å². The standard InChI is InChI=1S/C42H27BrN2/c43-37-19-6-1-14-31(37)28-12-11-13-29(26-28)36-27-30(44-38-20-7-2-15-32(38)33-16-3-8-21-39(33)44)24-25-42(36)45-40-22-9-4-17-34(40)35-18-5-10-23-41(35)45/h1-27H. The Balaban J connectivity index is 1.37. The zero-order valence-corrected chi connectivity index (χ0v) is 25.9. The molecule has 0 aliphatic carbocycles. The summed E-state index contributed by atoms with van der Waals surface area (Å²) in [7, 11) is 0. The summed E-state index contributed by atoms with van der Waals surface area (Å²) >= 11 is 3.79. The average Bonchev–Trinajstić information content (AvgIpc) is 3.61. The largest absolute Gasteiger partial charge is 0.309 e. The molecule has 7 aromatic carbocycles. The Morgan fingerprint density at radius 3 is 1.38 bits per heavy atom. The van der Waals surface area contributed by atoms with Crippen LogP contribution in [0.15, 0.2) is 168 Å². The van der Waals surface area contributed by atoms with Gasteiger partial charge in [-0.3, -0.25) is 0 Å². The molecule has 3 heteroatoms. The van der Waals surface area contributed by atoms with Crippen molar-refractivity contribution in [3.63, 3.8) is 0 Å². The van der Waals surface area contributed by atoms with Crippen LogP contribution in [0.2, 0.25) is 0 Å². The van der Waals surface area contributed by atoms with E-state index in [1.54, 1.807) is 0 Å². The number of nitrogens with zero attached hydrogens (tertiary/aromatic N) is 2. The Morgan fingerprint density at radius 1 is 0.356 bits per heavy atom. The lowest BCUT2D eigenvalue weighted by molar-refractivity contribution is 1.15.